The van der Waals surface area contributed by atoms with Gasteiger partial charge in [0.2, 0.25) is 0 Å². The first kappa shape index (κ1) is 11.4. The Kier molecular flexibility index (Phi) is 4.42. The highest BCUT2D eigenvalue weighted by Gasteiger charge is 2.19. The van der Waals surface area contributed by atoms with Crippen LogP contribution in [0.5, 0.6) is 0 Å². The Morgan fingerprint density at radius 3 is 3.00 bits per heavy atom. The molecule has 2 aliphatic rings. The number of hydrogen-bond donors (Lipinski definition) is 2. The third kappa shape index (κ3) is 3.74. The van der Waals surface area contributed by atoms with Gasteiger partial charge in [-0.25, -0.2) is 0 Å². The van der Waals surface area contributed by atoms with Crippen molar-refractivity contribution in [3.05, 3.63) is 0 Å². The van der Waals surface area contributed by atoms with Crippen LogP contribution in [-0.4, -0.2) is 50.7 Å². The third-order valence-corrected chi connectivity index (χ3v) is 3.77. The van der Waals surface area contributed by atoms with E-state index < -0.39 is 0 Å². The zero-order valence-electron chi connectivity index (χ0n) is 9.97. The molecule has 0 spiro atoms. The molecule has 2 rings (SSSR count). The van der Waals surface area contributed by atoms with Crippen molar-refractivity contribution >= 4 is 0 Å². The van der Waals surface area contributed by atoms with Crippen LogP contribution in [0.15, 0.2) is 0 Å². The van der Waals surface area contributed by atoms with Crippen molar-refractivity contribution in [1.82, 2.24) is 15.5 Å². The van der Waals surface area contributed by atoms with Crippen molar-refractivity contribution in [2.45, 2.75) is 31.7 Å². The van der Waals surface area contributed by atoms with Crippen LogP contribution in [0.2, 0.25) is 0 Å². The molecule has 2 N–H and O–H groups in total. The maximum Gasteiger partial charge on any atom is 0.0192 e. The smallest absolute Gasteiger partial charge is 0.0192 e. The highest BCUT2D eigenvalue weighted by molar-refractivity contribution is 4.77. The van der Waals surface area contributed by atoms with E-state index >= 15 is 0 Å². The lowest BCUT2D eigenvalue weighted by Crippen LogP contribution is -2.43. The molecule has 2 heterocycles. The van der Waals surface area contributed by atoms with Crippen LogP contribution in [0.4, 0.5) is 0 Å². The molecule has 2 fully saturated rings. The molecule has 0 bridgehead atoms. The summed E-state index contributed by atoms with van der Waals surface area (Å²) in [6.45, 7) is 6.21. The van der Waals surface area contributed by atoms with Gasteiger partial charge in [0.25, 0.3) is 0 Å². The molecule has 88 valence electrons. The number of nitrogens with zero attached hydrogens (tertiary/aromatic N) is 1. The van der Waals surface area contributed by atoms with Crippen LogP contribution in [0.25, 0.3) is 0 Å². The van der Waals surface area contributed by atoms with E-state index in [1.165, 1.54) is 58.4 Å². The van der Waals surface area contributed by atoms with Crippen LogP contribution < -0.4 is 10.6 Å². The maximum atomic E-state index is 3.68. The molecule has 0 saturated carbocycles. The molecular formula is C12H25N3. The van der Waals surface area contributed by atoms with Crippen molar-refractivity contribution in [1.29, 1.82) is 0 Å². The van der Waals surface area contributed by atoms with E-state index in [9.17, 15) is 0 Å². The number of likely N-dealkylation sites (tertiary alicyclic amines) is 1. The minimum atomic E-state index is 0.734. The minimum Gasteiger partial charge on any atom is -0.315 e. The molecule has 0 aromatic carbocycles. The third-order valence-electron chi connectivity index (χ3n) is 3.77. The van der Waals surface area contributed by atoms with E-state index in [0.717, 1.165) is 12.0 Å². The van der Waals surface area contributed by atoms with E-state index in [-0.39, 0.29) is 0 Å². The monoisotopic (exact) mass is 211 g/mol. The summed E-state index contributed by atoms with van der Waals surface area (Å²) in [5.74, 6) is 0.944. The number of piperidine rings is 1. The predicted molar refractivity (Wildman–Crippen MR) is 64.1 cm³/mol. The number of rotatable bonds is 4. The predicted octanol–water partition coefficient (Wildman–Crippen LogP) is 0.670. The van der Waals surface area contributed by atoms with Crippen molar-refractivity contribution in [3.8, 4) is 0 Å². The highest BCUT2D eigenvalue weighted by Crippen LogP contribution is 2.17. The highest BCUT2D eigenvalue weighted by atomic mass is 15.1. The van der Waals surface area contributed by atoms with Gasteiger partial charge < -0.3 is 15.5 Å². The van der Waals surface area contributed by atoms with Gasteiger partial charge in [0.05, 0.1) is 0 Å². The first-order chi connectivity index (χ1) is 7.34. The van der Waals surface area contributed by atoms with Gasteiger partial charge in [0.15, 0.2) is 0 Å². The summed E-state index contributed by atoms with van der Waals surface area (Å²) < 4.78 is 0. The fourth-order valence-corrected chi connectivity index (χ4v) is 2.78. The zero-order chi connectivity index (χ0) is 10.5. The Hall–Kier alpha value is -0.120. The summed E-state index contributed by atoms with van der Waals surface area (Å²) in [6, 6.07) is 0.734. The summed E-state index contributed by atoms with van der Waals surface area (Å²) in [4.78, 5) is 2.45. The lowest BCUT2D eigenvalue weighted by Gasteiger charge is -2.24. The molecule has 0 amide bonds. The molecule has 3 nitrogen and oxygen atoms in total. The summed E-state index contributed by atoms with van der Waals surface area (Å²) in [6.07, 6.45) is 5.46. The normalized spacial score (nSPS) is 33.4. The molecule has 15 heavy (non-hydrogen) atoms. The lowest BCUT2D eigenvalue weighted by molar-refractivity contribution is 0.358. The van der Waals surface area contributed by atoms with Gasteiger partial charge in [-0.15, -0.1) is 0 Å². The van der Waals surface area contributed by atoms with Crippen molar-refractivity contribution in [2.75, 3.05) is 39.8 Å². The van der Waals surface area contributed by atoms with E-state index in [1.54, 1.807) is 0 Å². The number of hydrogen-bond acceptors (Lipinski definition) is 3. The topological polar surface area (TPSA) is 27.3 Å². The average molecular weight is 211 g/mol. The van der Waals surface area contributed by atoms with Gasteiger partial charge in [0.1, 0.15) is 0 Å². The van der Waals surface area contributed by atoms with Crippen LogP contribution in [0.3, 0.4) is 0 Å². The minimum absolute atomic E-state index is 0.734. The molecular weight excluding hydrogens is 186 g/mol. The first-order valence-electron chi connectivity index (χ1n) is 6.47. The Bertz CT molecular complexity index is 173. The fraction of sp³-hybridized carbons (Fsp3) is 1.00. The van der Waals surface area contributed by atoms with Crippen LogP contribution in [0, 0.1) is 5.92 Å². The molecule has 2 saturated heterocycles. The second-order valence-electron chi connectivity index (χ2n) is 5.20. The van der Waals surface area contributed by atoms with E-state index in [4.69, 9.17) is 0 Å². The van der Waals surface area contributed by atoms with Gasteiger partial charge >= 0.3 is 0 Å². The Balaban J connectivity index is 1.54. The fourth-order valence-electron chi connectivity index (χ4n) is 2.78. The Morgan fingerprint density at radius 2 is 2.33 bits per heavy atom. The van der Waals surface area contributed by atoms with Crippen molar-refractivity contribution < 1.29 is 0 Å². The Labute approximate surface area is 93.6 Å². The van der Waals surface area contributed by atoms with Crippen LogP contribution >= 0.6 is 0 Å². The summed E-state index contributed by atoms with van der Waals surface area (Å²) >= 11 is 0. The van der Waals surface area contributed by atoms with Gasteiger partial charge in [-0.1, -0.05) is 0 Å². The molecule has 0 aromatic rings. The van der Waals surface area contributed by atoms with Gasteiger partial charge in [-0.05, 0) is 58.3 Å². The largest absolute Gasteiger partial charge is 0.315 e. The van der Waals surface area contributed by atoms with Crippen molar-refractivity contribution in [3.63, 3.8) is 0 Å². The molecule has 0 radical (unpaired) electrons. The molecule has 2 aliphatic heterocycles. The Morgan fingerprint density at radius 1 is 1.40 bits per heavy atom. The molecule has 2 unspecified atom stereocenters. The van der Waals surface area contributed by atoms with E-state index in [0.29, 0.717) is 0 Å². The maximum absolute atomic E-state index is 3.68. The molecule has 3 heteroatoms. The van der Waals surface area contributed by atoms with Crippen molar-refractivity contribution in [2.24, 2.45) is 5.92 Å². The zero-order valence-corrected chi connectivity index (χ0v) is 9.97. The van der Waals surface area contributed by atoms with Gasteiger partial charge in [-0.2, -0.15) is 0 Å². The van der Waals surface area contributed by atoms with Crippen LogP contribution in [-0.2, 0) is 0 Å². The van der Waals surface area contributed by atoms with E-state index in [2.05, 4.69) is 22.6 Å². The average Bonchev–Trinajstić information content (AvgIpc) is 2.66. The first-order valence-corrected chi connectivity index (χ1v) is 6.47. The SMILES string of the molecule is CN1CCC(CCNC2CCCNC2)C1. The van der Waals surface area contributed by atoms with E-state index in [1.807, 2.05) is 0 Å². The second-order valence-corrected chi connectivity index (χ2v) is 5.20. The summed E-state index contributed by atoms with van der Waals surface area (Å²) in [7, 11) is 2.23. The molecule has 0 aromatic heterocycles. The molecule has 2 atom stereocenters. The van der Waals surface area contributed by atoms with Crippen LogP contribution in [0.1, 0.15) is 25.7 Å². The summed E-state index contributed by atoms with van der Waals surface area (Å²) in [5.41, 5.74) is 0. The quantitative estimate of drug-likeness (QED) is 0.716. The number of nitrogens with one attached hydrogen (secondary N) is 2. The lowest BCUT2D eigenvalue weighted by atomic mass is 10.0. The van der Waals surface area contributed by atoms with Gasteiger partial charge in [0, 0.05) is 19.1 Å². The summed E-state index contributed by atoms with van der Waals surface area (Å²) in [5, 5.41) is 7.13. The second kappa shape index (κ2) is 5.83. The van der Waals surface area contributed by atoms with Gasteiger partial charge in [-0.3, -0.25) is 0 Å². The molecule has 0 aliphatic carbocycles. The standard InChI is InChI=1S/C12H25N3/c1-15-8-5-11(10-15)4-7-14-12-3-2-6-13-9-12/h11-14H,2-10H2,1H3.